The van der Waals surface area contributed by atoms with Gasteiger partial charge in [-0.15, -0.1) is 0 Å². The Hall–Kier alpha value is -2.15. The summed E-state index contributed by atoms with van der Waals surface area (Å²) >= 11 is 1.18. The van der Waals surface area contributed by atoms with E-state index in [1.54, 1.807) is 37.6 Å². The highest BCUT2D eigenvalue weighted by Gasteiger charge is 2.20. The number of para-hydroxylation sites is 1. The van der Waals surface area contributed by atoms with E-state index in [2.05, 4.69) is 15.3 Å². The Balaban J connectivity index is 2.39. The SMILES string of the molecule is CNc1cccc(Sc2ncc(C)cn2)c1[N+](=O)[O-]. The summed E-state index contributed by atoms with van der Waals surface area (Å²) in [5.74, 6) is 0. The lowest BCUT2D eigenvalue weighted by atomic mass is 10.3. The first-order chi connectivity index (χ1) is 9.11. The summed E-state index contributed by atoms with van der Waals surface area (Å²) in [6, 6.07) is 5.11. The topological polar surface area (TPSA) is 81.0 Å². The monoisotopic (exact) mass is 276 g/mol. The molecule has 0 unspecified atom stereocenters. The molecule has 0 amide bonds. The molecule has 6 nitrogen and oxygen atoms in total. The molecule has 1 heterocycles. The van der Waals surface area contributed by atoms with E-state index in [1.165, 1.54) is 11.8 Å². The van der Waals surface area contributed by atoms with Gasteiger partial charge in [-0.1, -0.05) is 6.07 Å². The second-order valence-corrected chi connectivity index (χ2v) is 4.81. The zero-order chi connectivity index (χ0) is 13.8. The Kier molecular flexibility index (Phi) is 3.96. The standard InChI is InChI=1S/C12H12N4O2S/c1-8-6-14-12(15-7-8)19-10-5-3-4-9(13-2)11(10)16(17)18/h3-7,13H,1-2H3. The Morgan fingerprint density at radius 1 is 1.32 bits per heavy atom. The molecule has 0 saturated heterocycles. The number of aryl methyl sites for hydroxylation is 1. The van der Waals surface area contributed by atoms with Crippen LogP contribution in [0.25, 0.3) is 0 Å². The van der Waals surface area contributed by atoms with Crippen LogP contribution in [-0.2, 0) is 0 Å². The van der Waals surface area contributed by atoms with E-state index >= 15 is 0 Å². The Morgan fingerprint density at radius 2 is 2.00 bits per heavy atom. The van der Waals surface area contributed by atoms with E-state index < -0.39 is 4.92 Å². The maximum Gasteiger partial charge on any atom is 0.306 e. The largest absolute Gasteiger partial charge is 0.383 e. The first kappa shape index (κ1) is 13.3. The van der Waals surface area contributed by atoms with Gasteiger partial charge in [-0.25, -0.2) is 9.97 Å². The van der Waals surface area contributed by atoms with Crippen molar-refractivity contribution in [3.63, 3.8) is 0 Å². The fraction of sp³-hybridized carbons (Fsp3) is 0.167. The van der Waals surface area contributed by atoms with Crippen molar-refractivity contribution in [3.8, 4) is 0 Å². The van der Waals surface area contributed by atoms with Gasteiger partial charge in [0.05, 0.1) is 9.82 Å². The molecule has 2 rings (SSSR count). The van der Waals surface area contributed by atoms with Crippen LogP contribution in [0.2, 0.25) is 0 Å². The molecule has 98 valence electrons. The van der Waals surface area contributed by atoms with Crippen LogP contribution in [0.3, 0.4) is 0 Å². The lowest BCUT2D eigenvalue weighted by molar-refractivity contribution is -0.386. The number of nitro benzene ring substituents is 1. The average Bonchev–Trinajstić information content (AvgIpc) is 2.40. The maximum absolute atomic E-state index is 11.2. The van der Waals surface area contributed by atoms with Crippen molar-refractivity contribution in [1.29, 1.82) is 0 Å². The number of nitrogens with zero attached hydrogens (tertiary/aromatic N) is 3. The molecule has 0 aliphatic rings. The number of anilines is 1. The summed E-state index contributed by atoms with van der Waals surface area (Å²) < 4.78 is 0. The fourth-order valence-corrected chi connectivity index (χ4v) is 2.36. The first-order valence-electron chi connectivity index (χ1n) is 5.53. The highest BCUT2D eigenvalue weighted by Crippen LogP contribution is 2.37. The van der Waals surface area contributed by atoms with Crippen molar-refractivity contribution in [3.05, 3.63) is 46.3 Å². The average molecular weight is 276 g/mol. The van der Waals surface area contributed by atoms with Gasteiger partial charge < -0.3 is 5.32 Å². The van der Waals surface area contributed by atoms with Crippen LogP contribution in [0.4, 0.5) is 11.4 Å². The van der Waals surface area contributed by atoms with Crippen LogP contribution < -0.4 is 5.32 Å². The number of nitrogens with one attached hydrogen (secondary N) is 1. The van der Waals surface area contributed by atoms with E-state index in [-0.39, 0.29) is 5.69 Å². The molecule has 0 spiro atoms. The normalized spacial score (nSPS) is 10.2. The third-order valence-corrected chi connectivity index (χ3v) is 3.35. The van der Waals surface area contributed by atoms with Gasteiger partial charge in [-0.05, 0) is 36.4 Å². The number of hydrogen-bond acceptors (Lipinski definition) is 6. The van der Waals surface area contributed by atoms with Gasteiger partial charge in [-0.2, -0.15) is 0 Å². The van der Waals surface area contributed by atoms with Crippen molar-refractivity contribution in [2.45, 2.75) is 17.0 Å². The zero-order valence-corrected chi connectivity index (χ0v) is 11.3. The van der Waals surface area contributed by atoms with Gasteiger partial charge in [0, 0.05) is 19.4 Å². The van der Waals surface area contributed by atoms with Gasteiger partial charge in [0.25, 0.3) is 0 Å². The summed E-state index contributed by atoms with van der Waals surface area (Å²) in [5, 5.41) is 14.5. The predicted octanol–water partition coefficient (Wildman–Crippen LogP) is 2.89. The summed E-state index contributed by atoms with van der Waals surface area (Å²) in [5.41, 5.74) is 1.46. The molecule has 0 aliphatic carbocycles. The molecule has 0 aliphatic heterocycles. The van der Waals surface area contributed by atoms with Crippen molar-refractivity contribution in [2.24, 2.45) is 0 Å². The Bertz CT molecular complexity index is 601. The van der Waals surface area contributed by atoms with Crippen LogP contribution in [0.1, 0.15) is 5.56 Å². The third kappa shape index (κ3) is 3.00. The second-order valence-electron chi connectivity index (χ2n) is 3.80. The zero-order valence-electron chi connectivity index (χ0n) is 10.5. The van der Waals surface area contributed by atoms with Gasteiger partial charge in [0.15, 0.2) is 5.16 Å². The molecule has 0 saturated carbocycles. The fourth-order valence-electron chi connectivity index (χ4n) is 1.53. The molecule has 2 aromatic rings. The minimum absolute atomic E-state index is 0.0409. The smallest absolute Gasteiger partial charge is 0.306 e. The predicted molar refractivity (Wildman–Crippen MR) is 73.5 cm³/mol. The molecule has 0 radical (unpaired) electrons. The minimum Gasteiger partial charge on any atom is -0.383 e. The summed E-state index contributed by atoms with van der Waals surface area (Å²) in [6.45, 7) is 1.89. The number of aromatic nitrogens is 2. The maximum atomic E-state index is 11.2. The van der Waals surface area contributed by atoms with E-state index in [1.807, 2.05) is 6.92 Å². The van der Waals surface area contributed by atoms with Gasteiger partial charge in [0.2, 0.25) is 0 Å². The van der Waals surface area contributed by atoms with Gasteiger partial charge >= 0.3 is 5.69 Å². The Morgan fingerprint density at radius 3 is 2.58 bits per heavy atom. The summed E-state index contributed by atoms with van der Waals surface area (Å²) in [6.07, 6.45) is 3.37. The molecule has 19 heavy (non-hydrogen) atoms. The molecule has 0 bridgehead atoms. The molecular formula is C12H12N4O2S. The van der Waals surface area contributed by atoms with E-state index in [9.17, 15) is 10.1 Å². The third-order valence-electron chi connectivity index (χ3n) is 2.41. The molecule has 1 aromatic heterocycles. The Labute approximate surface area is 114 Å². The quantitative estimate of drug-likeness (QED) is 0.525. The number of nitro groups is 1. The number of hydrogen-bond donors (Lipinski definition) is 1. The summed E-state index contributed by atoms with van der Waals surface area (Å²) in [4.78, 5) is 19.5. The minimum atomic E-state index is -0.400. The van der Waals surface area contributed by atoms with E-state index in [4.69, 9.17) is 0 Å². The second kappa shape index (κ2) is 5.66. The van der Waals surface area contributed by atoms with Gasteiger partial charge in [0.1, 0.15) is 5.69 Å². The molecule has 0 fully saturated rings. The van der Waals surface area contributed by atoms with Crippen molar-refractivity contribution >= 4 is 23.1 Å². The van der Waals surface area contributed by atoms with Gasteiger partial charge in [-0.3, -0.25) is 10.1 Å². The molecule has 1 N–H and O–H groups in total. The highest BCUT2D eigenvalue weighted by molar-refractivity contribution is 7.99. The lowest BCUT2D eigenvalue weighted by Gasteiger charge is -2.06. The van der Waals surface area contributed by atoms with E-state index in [0.717, 1.165) is 5.56 Å². The van der Waals surface area contributed by atoms with Crippen LogP contribution >= 0.6 is 11.8 Å². The molecule has 7 heteroatoms. The van der Waals surface area contributed by atoms with E-state index in [0.29, 0.717) is 15.7 Å². The van der Waals surface area contributed by atoms with Crippen molar-refractivity contribution in [2.75, 3.05) is 12.4 Å². The van der Waals surface area contributed by atoms with Crippen LogP contribution in [0.15, 0.2) is 40.6 Å². The first-order valence-corrected chi connectivity index (χ1v) is 6.35. The summed E-state index contributed by atoms with van der Waals surface area (Å²) in [7, 11) is 1.65. The molecule has 0 atom stereocenters. The van der Waals surface area contributed by atoms with Crippen molar-refractivity contribution in [1.82, 2.24) is 9.97 Å². The van der Waals surface area contributed by atoms with Crippen LogP contribution in [0.5, 0.6) is 0 Å². The van der Waals surface area contributed by atoms with Crippen molar-refractivity contribution < 1.29 is 4.92 Å². The van der Waals surface area contributed by atoms with Crippen LogP contribution in [0, 0.1) is 17.0 Å². The molecular weight excluding hydrogens is 264 g/mol. The molecule has 1 aromatic carbocycles. The number of benzene rings is 1. The highest BCUT2D eigenvalue weighted by atomic mass is 32.2. The lowest BCUT2D eigenvalue weighted by Crippen LogP contribution is -1.98. The number of rotatable bonds is 4. The van der Waals surface area contributed by atoms with Crippen LogP contribution in [-0.4, -0.2) is 21.9 Å².